The second kappa shape index (κ2) is 7.95. The SMILES string of the molecule is CC[C@@H](C)c1ccccc1N1C[C@@H](C(=O)N=c2sc3ccccc3n2C)CC1=O. The van der Waals surface area contributed by atoms with Gasteiger partial charge in [-0.1, -0.05) is 55.5 Å². The molecule has 2 amide bonds. The minimum atomic E-state index is -0.405. The highest BCUT2D eigenvalue weighted by Gasteiger charge is 2.36. The zero-order chi connectivity index (χ0) is 20.5. The van der Waals surface area contributed by atoms with E-state index in [1.165, 1.54) is 11.3 Å². The monoisotopic (exact) mass is 407 g/mol. The summed E-state index contributed by atoms with van der Waals surface area (Å²) in [7, 11) is 1.92. The van der Waals surface area contributed by atoms with E-state index < -0.39 is 5.92 Å². The topological polar surface area (TPSA) is 54.7 Å². The van der Waals surface area contributed by atoms with E-state index in [4.69, 9.17) is 0 Å². The van der Waals surface area contributed by atoms with Gasteiger partial charge in [0.05, 0.1) is 16.1 Å². The lowest BCUT2D eigenvalue weighted by atomic mass is 9.96. The lowest BCUT2D eigenvalue weighted by molar-refractivity contribution is -0.123. The number of para-hydroxylation sites is 2. The number of hydrogen-bond acceptors (Lipinski definition) is 3. The van der Waals surface area contributed by atoms with Crippen LogP contribution in [0, 0.1) is 5.92 Å². The average Bonchev–Trinajstić information content (AvgIpc) is 3.28. The first-order chi connectivity index (χ1) is 14.0. The summed E-state index contributed by atoms with van der Waals surface area (Å²) in [5.74, 6) is -0.271. The Balaban J connectivity index is 1.61. The summed E-state index contributed by atoms with van der Waals surface area (Å²) in [4.78, 5) is 32.4. The summed E-state index contributed by atoms with van der Waals surface area (Å²) in [5, 5.41) is 0. The van der Waals surface area contributed by atoms with E-state index in [9.17, 15) is 9.59 Å². The first kappa shape index (κ1) is 19.6. The van der Waals surface area contributed by atoms with Gasteiger partial charge in [-0.2, -0.15) is 4.99 Å². The highest BCUT2D eigenvalue weighted by molar-refractivity contribution is 7.16. The number of aromatic nitrogens is 1. The van der Waals surface area contributed by atoms with Gasteiger partial charge in [-0.25, -0.2) is 0 Å². The lowest BCUT2D eigenvalue weighted by Crippen LogP contribution is -2.27. The first-order valence-corrected chi connectivity index (χ1v) is 10.8. The van der Waals surface area contributed by atoms with Gasteiger partial charge in [-0.3, -0.25) is 9.59 Å². The summed E-state index contributed by atoms with van der Waals surface area (Å²) in [6, 6.07) is 16.0. The average molecular weight is 408 g/mol. The van der Waals surface area contributed by atoms with Crippen molar-refractivity contribution in [2.75, 3.05) is 11.4 Å². The molecule has 0 radical (unpaired) electrons. The number of thiazole rings is 1. The quantitative estimate of drug-likeness (QED) is 0.650. The van der Waals surface area contributed by atoms with Crippen LogP contribution in [0.3, 0.4) is 0 Å². The number of carbonyl (C=O) groups is 2. The molecule has 2 heterocycles. The minimum absolute atomic E-state index is 0.00461. The molecule has 0 N–H and O–H groups in total. The third kappa shape index (κ3) is 3.65. The predicted molar refractivity (Wildman–Crippen MR) is 117 cm³/mol. The summed E-state index contributed by atoms with van der Waals surface area (Å²) >= 11 is 1.50. The van der Waals surface area contributed by atoms with Gasteiger partial charge in [-0.05, 0) is 36.1 Å². The second-order valence-corrected chi connectivity index (χ2v) is 8.64. The zero-order valence-electron chi connectivity index (χ0n) is 17.0. The molecule has 2 aromatic carbocycles. The Morgan fingerprint density at radius 3 is 2.69 bits per heavy atom. The highest BCUT2D eigenvalue weighted by Crippen LogP contribution is 2.33. The van der Waals surface area contributed by atoms with E-state index in [-0.39, 0.29) is 18.2 Å². The van der Waals surface area contributed by atoms with Crippen molar-refractivity contribution >= 4 is 39.1 Å². The standard InChI is InChI=1S/C23H25N3O2S/c1-4-15(2)17-9-5-6-10-18(17)26-14-16(13-21(26)27)22(28)24-23-25(3)19-11-7-8-12-20(19)29-23/h5-12,15-16H,4,13-14H2,1-3H3/t15-,16+/m1/s1. The van der Waals surface area contributed by atoms with Crippen molar-refractivity contribution in [3.63, 3.8) is 0 Å². The number of hydrogen-bond donors (Lipinski definition) is 0. The summed E-state index contributed by atoms with van der Waals surface area (Å²) < 4.78 is 3.03. The molecule has 1 aromatic heterocycles. The zero-order valence-corrected chi connectivity index (χ0v) is 17.8. The normalized spacial score (nSPS) is 18.6. The van der Waals surface area contributed by atoms with E-state index in [0.29, 0.717) is 17.3 Å². The van der Waals surface area contributed by atoms with Crippen LogP contribution < -0.4 is 9.70 Å². The fraction of sp³-hybridized carbons (Fsp3) is 0.348. The molecular formula is C23H25N3O2S. The van der Waals surface area contributed by atoms with E-state index in [1.54, 1.807) is 4.90 Å². The largest absolute Gasteiger partial charge is 0.319 e. The van der Waals surface area contributed by atoms with Crippen LogP contribution in [0.25, 0.3) is 10.2 Å². The van der Waals surface area contributed by atoms with Crippen LogP contribution in [-0.2, 0) is 16.6 Å². The molecule has 3 aromatic rings. The van der Waals surface area contributed by atoms with Gasteiger partial charge < -0.3 is 9.47 Å². The molecule has 29 heavy (non-hydrogen) atoms. The number of fused-ring (bicyclic) bond motifs is 1. The summed E-state index contributed by atoms with van der Waals surface area (Å²) in [6.45, 7) is 4.70. The molecule has 0 aliphatic carbocycles. The van der Waals surface area contributed by atoms with Crippen molar-refractivity contribution in [3.8, 4) is 0 Å². The van der Waals surface area contributed by atoms with E-state index in [1.807, 2.05) is 54.1 Å². The molecule has 1 saturated heterocycles. The van der Waals surface area contributed by atoms with Gasteiger partial charge in [0.2, 0.25) is 5.91 Å². The lowest BCUT2D eigenvalue weighted by Gasteiger charge is -2.22. The van der Waals surface area contributed by atoms with Crippen LogP contribution >= 0.6 is 11.3 Å². The van der Waals surface area contributed by atoms with Crippen molar-refractivity contribution in [1.29, 1.82) is 0 Å². The van der Waals surface area contributed by atoms with Crippen LogP contribution in [0.2, 0.25) is 0 Å². The van der Waals surface area contributed by atoms with Gasteiger partial charge in [0.15, 0.2) is 4.80 Å². The highest BCUT2D eigenvalue weighted by atomic mass is 32.1. The third-order valence-corrected chi connectivity index (χ3v) is 6.88. The Morgan fingerprint density at radius 2 is 1.93 bits per heavy atom. The molecule has 6 heteroatoms. The summed E-state index contributed by atoms with van der Waals surface area (Å²) in [5.41, 5.74) is 3.13. The Kier molecular flexibility index (Phi) is 5.37. The molecule has 150 valence electrons. The second-order valence-electron chi connectivity index (χ2n) is 7.63. The maximum Gasteiger partial charge on any atom is 0.253 e. The summed E-state index contributed by atoms with van der Waals surface area (Å²) in [6.07, 6.45) is 1.21. The van der Waals surface area contributed by atoms with Crippen molar-refractivity contribution < 1.29 is 9.59 Å². The fourth-order valence-electron chi connectivity index (χ4n) is 3.85. The predicted octanol–water partition coefficient (Wildman–Crippen LogP) is 4.23. The number of aryl methyl sites for hydroxylation is 1. The number of nitrogens with zero attached hydrogens (tertiary/aromatic N) is 3. The van der Waals surface area contributed by atoms with Gasteiger partial charge in [0.25, 0.3) is 5.91 Å². The molecule has 1 aliphatic rings. The van der Waals surface area contributed by atoms with Gasteiger partial charge >= 0.3 is 0 Å². The Labute approximate surface area is 174 Å². The van der Waals surface area contributed by atoms with Crippen molar-refractivity contribution in [2.24, 2.45) is 18.0 Å². The molecule has 5 nitrogen and oxygen atoms in total. The molecule has 0 saturated carbocycles. The molecule has 0 bridgehead atoms. The molecule has 0 spiro atoms. The minimum Gasteiger partial charge on any atom is -0.319 e. The third-order valence-electron chi connectivity index (χ3n) is 5.77. The Hall–Kier alpha value is -2.73. The van der Waals surface area contributed by atoms with Crippen LogP contribution in [-0.4, -0.2) is 22.9 Å². The van der Waals surface area contributed by atoms with Crippen LogP contribution in [0.4, 0.5) is 5.69 Å². The van der Waals surface area contributed by atoms with Gasteiger partial charge in [0, 0.05) is 25.7 Å². The van der Waals surface area contributed by atoms with Crippen molar-refractivity contribution in [2.45, 2.75) is 32.6 Å². The first-order valence-electron chi connectivity index (χ1n) is 10.0. The van der Waals surface area contributed by atoms with Crippen LogP contribution in [0.1, 0.15) is 38.2 Å². The van der Waals surface area contributed by atoms with E-state index in [0.717, 1.165) is 27.9 Å². The van der Waals surface area contributed by atoms with Crippen LogP contribution in [0.5, 0.6) is 0 Å². The molecule has 2 atom stereocenters. The Bertz CT molecular complexity index is 1140. The van der Waals surface area contributed by atoms with Crippen LogP contribution in [0.15, 0.2) is 53.5 Å². The number of anilines is 1. The number of benzene rings is 2. The maximum absolute atomic E-state index is 12.9. The molecule has 1 aliphatic heterocycles. The van der Waals surface area contributed by atoms with Gasteiger partial charge in [0.1, 0.15) is 0 Å². The number of carbonyl (C=O) groups excluding carboxylic acids is 2. The van der Waals surface area contributed by atoms with E-state index >= 15 is 0 Å². The van der Waals surface area contributed by atoms with Gasteiger partial charge in [-0.15, -0.1) is 0 Å². The van der Waals surface area contributed by atoms with Crippen molar-refractivity contribution in [3.05, 3.63) is 58.9 Å². The maximum atomic E-state index is 12.9. The Morgan fingerprint density at radius 1 is 1.21 bits per heavy atom. The molecule has 1 fully saturated rings. The fourth-order valence-corrected chi connectivity index (χ4v) is 4.87. The molecule has 4 rings (SSSR count). The van der Waals surface area contributed by atoms with Crippen molar-refractivity contribution in [1.82, 2.24) is 4.57 Å². The molecular weight excluding hydrogens is 382 g/mol. The number of rotatable bonds is 4. The number of amides is 2. The van der Waals surface area contributed by atoms with E-state index in [2.05, 4.69) is 24.9 Å². The molecule has 0 unspecified atom stereocenters. The smallest absolute Gasteiger partial charge is 0.253 e.